The van der Waals surface area contributed by atoms with E-state index in [1.807, 2.05) is 0 Å². The van der Waals surface area contributed by atoms with Gasteiger partial charge < -0.3 is 17.5 Å². The minimum absolute atomic E-state index is 0. The van der Waals surface area contributed by atoms with Crippen LogP contribution in [-0.4, -0.2) is 5.11 Å². The number of halogens is 3. The number of aromatic hydroxyl groups is 1. The lowest BCUT2D eigenvalue weighted by Crippen LogP contribution is -3.00. The Hall–Kier alpha value is -1.32. The van der Waals surface area contributed by atoms with Crippen molar-refractivity contribution in [2.45, 2.75) is 6.54 Å². The number of hydrogen-bond donors (Lipinski definition) is 1. The van der Waals surface area contributed by atoms with E-state index in [1.165, 1.54) is 12.3 Å². The van der Waals surface area contributed by atoms with Gasteiger partial charge >= 0.3 is 0 Å². The lowest BCUT2D eigenvalue weighted by Gasteiger charge is -2.02. The molecule has 0 aliphatic rings. The van der Waals surface area contributed by atoms with Gasteiger partial charge in [0.2, 0.25) is 6.20 Å². The summed E-state index contributed by atoms with van der Waals surface area (Å²) in [5.41, 5.74) is 0.416. The fourth-order valence-electron chi connectivity index (χ4n) is 1.47. The van der Waals surface area contributed by atoms with Crippen molar-refractivity contribution in [1.82, 2.24) is 0 Å². The Morgan fingerprint density at radius 2 is 2.00 bits per heavy atom. The van der Waals surface area contributed by atoms with E-state index >= 15 is 0 Å². The van der Waals surface area contributed by atoms with Crippen LogP contribution in [0.3, 0.4) is 0 Å². The molecule has 0 unspecified atom stereocenters. The zero-order chi connectivity index (χ0) is 11.5. The molecule has 1 aromatic heterocycles. The monoisotopic (exact) mass is 273 g/mol. The van der Waals surface area contributed by atoms with Gasteiger partial charge in [-0.05, 0) is 18.2 Å². The van der Waals surface area contributed by atoms with E-state index in [0.717, 1.165) is 0 Å². The van der Waals surface area contributed by atoms with Gasteiger partial charge in [-0.15, -0.1) is 0 Å². The van der Waals surface area contributed by atoms with Crippen molar-refractivity contribution in [3.8, 4) is 5.75 Å². The highest BCUT2D eigenvalue weighted by Gasteiger charge is 2.12. The van der Waals surface area contributed by atoms with Gasteiger partial charge in [-0.1, -0.05) is 17.7 Å². The number of aromatic nitrogens is 1. The summed E-state index contributed by atoms with van der Waals surface area (Å²) in [7, 11) is 0. The van der Waals surface area contributed by atoms with Crippen molar-refractivity contribution in [2.75, 3.05) is 0 Å². The van der Waals surface area contributed by atoms with E-state index in [1.54, 1.807) is 35.0 Å². The van der Waals surface area contributed by atoms with Gasteiger partial charge in [0.05, 0.1) is 10.6 Å². The summed E-state index contributed by atoms with van der Waals surface area (Å²) >= 11 is 5.90. The van der Waals surface area contributed by atoms with Crippen LogP contribution < -0.4 is 17.0 Å². The summed E-state index contributed by atoms with van der Waals surface area (Å²) < 4.78 is 15.1. The van der Waals surface area contributed by atoms with E-state index in [2.05, 4.69) is 0 Å². The van der Waals surface area contributed by atoms with Crippen LogP contribution in [0.2, 0.25) is 5.02 Å². The maximum Gasteiger partial charge on any atom is 0.211 e. The van der Waals surface area contributed by atoms with E-state index in [9.17, 15) is 9.50 Å². The second kappa shape index (κ2) is 5.84. The van der Waals surface area contributed by atoms with E-state index in [-0.39, 0.29) is 24.0 Å². The quantitative estimate of drug-likeness (QED) is 0.735. The number of hydrogen-bond acceptors (Lipinski definition) is 1. The van der Waals surface area contributed by atoms with Crippen LogP contribution in [0.15, 0.2) is 42.7 Å². The molecule has 1 heterocycles. The summed E-state index contributed by atoms with van der Waals surface area (Å²) in [6.45, 7) is 0.292. The molecule has 2 rings (SSSR count). The minimum Gasteiger partial charge on any atom is -1.00 e. The Morgan fingerprint density at radius 3 is 2.65 bits per heavy atom. The molecule has 0 amide bonds. The van der Waals surface area contributed by atoms with Crippen LogP contribution in [0.1, 0.15) is 5.56 Å². The first-order valence-corrected chi connectivity index (χ1v) is 5.15. The smallest absolute Gasteiger partial charge is 0.211 e. The van der Waals surface area contributed by atoms with E-state index in [4.69, 9.17) is 11.6 Å². The number of rotatable bonds is 2. The zero-order valence-corrected chi connectivity index (χ0v) is 10.3. The first-order chi connectivity index (χ1) is 7.66. The molecule has 0 aliphatic heterocycles. The predicted molar refractivity (Wildman–Crippen MR) is 58.8 cm³/mol. The van der Waals surface area contributed by atoms with Gasteiger partial charge in [0.1, 0.15) is 5.82 Å². The lowest BCUT2D eigenvalue weighted by atomic mass is 10.2. The largest absolute Gasteiger partial charge is 1.00 e. The minimum atomic E-state index is -0.344. The van der Waals surface area contributed by atoms with Gasteiger partial charge in [0, 0.05) is 6.07 Å². The molecule has 5 heteroatoms. The molecule has 0 saturated heterocycles. The molecular formula is C12H10Cl2FNO. The molecule has 0 atom stereocenters. The number of benzene rings is 1. The van der Waals surface area contributed by atoms with Crippen LogP contribution in [0, 0.1) is 5.82 Å². The van der Waals surface area contributed by atoms with Gasteiger partial charge in [0.15, 0.2) is 18.5 Å². The van der Waals surface area contributed by atoms with Crippen LogP contribution in [0.25, 0.3) is 0 Å². The van der Waals surface area contributed by atoms with Crippen LogP contribution in [0.5, 0.6) is 5.75 Å². The molecule has 0 spiro atoms. The number of nitrogens with zero attached hydrogens (tertiary/aromatic N) is 1. The second-order valence-corrected chi connectivity index (χ2v) is 3.84. The van der Waals surface area contributed by atoms with Crippen LogP contribution in [0.4, 0.5) is 4.39 Å². The Morgan fingerprint density at radius 1 is 1.24 bits per heavy atom. The topological polar surface area (TPSA) is 24.1 Å². The molecule has 2 aromatic rings. The highest BCUT2D eigenvalue weighted by atomic mass is 35.5. The zero-order valence-electron chi connectivity index (χ0n) is 8.78. The summed E-state index contributed by atoms with van der Waals surface area (Å²) in [5, 5.41) is 9.67. The normalized spacial score (nSPS) is 9.76. The number of pyridine rings is 1. The van der Waals surface area contributed by atoms with Gasteiger partial charge in [-0.2, -0.15) is 4.57 Å². The molecule has 1 aromatic carbocycles. The standard InChI is InChI=1S/C12H9ClFNO.ClH/c13-11-4-1-5-12(14)10(11)8-15-6-2-3-9(16)7-15;/h1-7H,8H2;1H. The molecule has 1 N–H and O–H groups in total. The molecule has 0 aliphatic carbocycles. The van der Waals surface area contributed by atoms with E-state index in [0.29, 0.717) is 17.1 Å². The fourth-order valence-corrected chi connectivity index (χ4v) is 1.70. The van der Waals surface area contributed by atoms with Crippen molar-refractivity contribution in [1.29, 1.82) is 0 Å². The fraction of sp³-hybridized carbons (Fsp3) is 0.0833. The third-order valence-electron chi connectivity index (χ3n) is 2.24. The Kier molecular flexibility index (Phi) is 4.73. The summed E-state index contributed by atoms with van der Waals surface area (Å²) in [6.07, 6.45) is 3.26. The molecule has 0 radical (unpaired) electrons. The van der Waals surface area contributed by atoms with Crippen molar-refractivity contribution in [3.63, 3.8) is 0 Å². The molecule has 0 bridgehead atoms. The Balaban J connectivity index is 0.00000144. The van der Waals surface area contributed by atoms with Gasteiger partial charge in [0.25, 0.3) is 0 Å². The van der Waals surface area contributed by atoms with Gasteiger partial charge in [-0.25, -0.2) is 4.39 Å². The van der Waals surface area contributed by atoms with Crippen molar-refractivity contribution in [3.05, 3.63) is 59.1 Å². The summed E-state index contributed by atoms with van der Waals surface area (Å²) in [6, 6.07) is 7.81. The molecule has 0 fully saturated rings. The Labute approximate surface area is 110 Å². The lowest BCUT2D eigenvalue weighted by molar-refractivity contribution is -0.688. The second-order valence-electron chi connectivity index (χ2n) is 3.43. The first-order valence-electron chi connectivity index (χ1n) is 4.78. The summed E-state index contributed by atoms with van der Waals surface area (Å²) in [4.78, 5) is 0. The highest BCUT2D eigenvalue weighted by molar-refractivity contribution is 6.31. The Bertz CT molecular complexity index is 499. The average molecular weight is 274 g/mol. The van der Waals surface area contributed by atoms with Crippen molar-refractivity contribution in [2.24, 2.45) is 0 Å². The van der Waals surface area contributed by atoms with Crippen molar-refractivity contribution < 1.29 is 26.5 Å². The third kappa shape index (κ3) is 3.32. The van der Waals surface area contributed by atoms with Crippen LogP contribution >= 0.6 is 11.6 Å². The SMILES string of the molecule is Oc1ccc[n+](Cc2c(F)cccc2Cl)c1.[Cl-]. The molecule has 17 heavy (non-hydrogen) atoms. The maximum atomic E-state index is 13.5. The highest BCUT2D eigenvalue weighted by Crippen LogP contribution is 2.18. The first kappa shape index (κ1) is 13.7. The molecule has 2 nitrogen and oxygen atoms in total. The molecular weight excluding hydrogens is 264 g/mol. The van der Waals surface area contributed by atoms with E-state index < -0.39 is 0 Å². The van der Waals surface area contributed by atoms with Gasteiger partial charge in [-0.3, -0.25) is 0 Å². The van der Waals surface area contributed by atoms with Crippen LogP contribution in [-0.2, 0) is 6.54 Å². The average Bonchev–Trinajstić information content (AvgIpc) is 2.24. The van der Waals surface area contributed by atoms with Crippen molar-refractivity contribution >= 4 is 11.6 Å². The molecule has 90 valence electrons. The molecule has 0 saturated carbocycles. The predicted octanol–water partition coefficient (Wildman–Crippen LogP) is -0.476. The maximum absolute atomic E-state index is 13.5. The third-order valence-corrected chi connectivity index (χ3v) is 2.60. The summed E-state index contributed by atoms with van der Waals surface area (Å²) in [5.74, 6) is -0.210.